The van der Waals surface area contributed by atoms with Crippen molar-refractivity contribution in [2.24, 2.45) is 0 Å². The van der Waals surface area contributed by atoms with E-state index in [1.54, 1.807) is 0 Å². The largest absolute Gasteiger partial charge is 0.524 e. The summed E-state index contributed by atoms with van der Waals surface area (Å²) in [5.74, 6) is 0.0525. The van der Waals surface area contributed by atoms with Gasteiger partial charge in [0.05, 0.1) is 13.0 Å². The van der Waals surface area contributed by atoms with Crippen LogP contribution in [0.2, 0.25) is 0 Å². The smallest absolute Gasteiger partial charge is 0.414 e. The zero-order valence-electron chi connectivity index (χ0n) is 10.3. The molecule has 2 aliphatic heterocycles. The van der Waals surface area contributed by atoms with E-state index in [-0.39, 0.29) is 22.5 Å². The van der Waals surface area contributed by atoms with Crippen LogP contribution < -0.4 is 0 Å². The molecule has 2 saturated heterocycles. The molecule has 2 rings (SSSR count). The van der Waals surface area contributed by atoms with Gasteiger partial charge in [-0.1, -0.05) is 0 Å². The minimum Gasteiger partial charge on any atom is -0.414 e. The number of fused-ring (bicyclic) bond motifs is 1. The topological polar surface area (TPSA) is 43.4 Å². The molecular weight excluding hydrogens is 206 g/mol. The van der Waals surface area contributed by atoms with Gasteiger partial charge in [-0.2, -0.15) is 9.28 Å². The Labute approximate surface area is 96.1 Å². The highest BCUT2D eigenvalue weighted by molar-refractivity contribution is 5.83. The van der Waals surface area contributed by atoms with E-state index < -0.39 is 5.60 Å². The van der Waals surface area contributed by atoms with Crippen molar-refractivity contribution in [1.29, 1.82) is 0 Å². The highest BCUT2D eigenvalue weighted by Gasteiger charge is 2.60. The van der Waals surface area contributed by atoms with Gasteiger partial charge in [0.25, 0.3) is 0 Å². The number of ether oxygens (including phenoxy) is 1. The third-order valence-corrected chi connectivity index (χ3v) is 3.53. The Kier molecular flexibility index (Phi) is 2.57. The molecule has 0 aromatic carbocycles. The van der Waals surface area contributed by atoms with E-state index in [1.807, 2.05) is 20.8 Å². The van der Waals surface area contributed by atoms with Crippen molar-refractivity contribution >= 4 is 12.0 Å². The normalized spacial score (nSPS) is 33.9. The van der Waals surface area contributed by atoms with E-state index in [2.05, 4.69) is 0 Å². The van der Waals surface area contributed by atoms with E-state index in [0.29, 0.717) is 13.0 Å². The van der Waals surface area contributed by atoms with Crippen molar-refractivity contribution in [2.75, 3.05) is 6.54 Å². The van der Waals surface area contributed by atoms with Crippen LogP contribution >= 0.6 is 0 Å². The minimum absolute atomic E-state index is 0.0305. The molecule has 2 heterocycles. The Hall–Kier alpha value is -0.900. The predicted octanol–water partition coefficient (Wildman–Crippen LogP) is 2.22. The molecule has 2 amide bonds. The average Bonchev–Trinajstić information content (AvgIpc) is 2.65. The molecule has 0 aromatic rings. The Bertz CT molecular complexity index is 332. The summed E-state index contributed by atoms with van der Waals surface area (Å²) in [6, 6.07) is 0.183. The third-order valence-electron chi connectivity index (χ3n) is 3.53. The number of carbonyl (C=O) groups excluding carboxylic acids is 2. The Morgan fingerprint density at radius 3 is 2.69 bits per heavy atom. The van der Waals surface area contributed by atoms with Gasteiger partial charge in [0.1, 0.15) is 11.6 Å². The van der Waals surface area contributed by atoms with Gasteiger partial charge in [0.2, 0.25) is 0 Å². The molecule has 2 fully saturated rings. The van der Waals surface area contributed by atoms with Crippen LogP contribution in [0, 0.1) is 0 Å². The SMILES string of the molecule is CC(C)(C)OC(=O)[N+]12CCCC1CCC2=O. The zero-order valence-corrected chi connectivity index (χ0v) is 10.3. The van der Waals surface area contributed by atoms with Crippen molar-refractivity contribution in [3.8, 4) is 0 Å². The summed E-state index contributed by atoms with van der Waals surface area (Å²) in [7, 11) is 0. The second-order valence-corrected chi connectivity index (χ2v) is 5.80. The molecular formula is C12H20NO3+. The molecule has 4 heteroatoms. The van der Waals surface area contributed by atoms with Gasteiger partial charge in [0, 0.05) is 19.3 Å². The van der Waals surface area contributed by atoms with E-state index in [0.717, 1.165) is 19.3 Å². The summed E-state index contributed by atoms with van der Waals surface area (Å²) in [6.07, 6.45) is 2.97. The van der Waals surface area contributed by atoms with Crippen LogP contribution in [0.1, 0.15) is 46.5 Å². The van der Waals surface area contributed by atoms with Gasteiger partial charge >= 0.3 is 12.0 Å². The summed E-state index contributed by atoms with van der Waals surface area (Å²) in [5.41, 5.74) is -0.514. The molecule has 2 aliphatic rings. The first-order chi connectivity index (χ1) is 7.36. The number of hydrogen-bond acceptors (Lipinski definition) is 3. The van der Waals surface area contributed by atoms with Crippen LogP contribution in [-0.4, -0.2) is 34.7 Å². The maximum absolute atomic E-state index is 12.2. The van der Waals surface area contributed by atoms with Gasteiger partial charge in [-0.05, 0) is 20.8 Å². The fourth-order valence-corrected chi connectivity index (χ4v) is 2.85. The first kappa shape index (κ1) is 11.6. The van der Waals surface area contributed by atoms with Crippen LogP contribution in [0.5, 0.6) is 0 Å². The Balaban J connectivity index is 2.23. The van der Waals surface area contributed by atoms with E-state index in [1.165, 1.54) is 0 Å². The van der Waals surface area contributed by atoms with Gasteiger partial charge in [0.15, 0.2) is 0 Å². The first-order valence-electron chi connectivity index (χ1n) is 6.01. The highest BCUT2D eigenvalue weighted by atomic mass is 16.6. The van der Waals surface area contributed by atoms with Gasteiger partial charge in [-0.3, -0.25) is 0 Å². The molecule has 0 saturated carbocycles. The Morgan fingerprint density at radius 1 is 1.38 bits per heavy atom. The van der Waals surface area contributed by atoms with Gasteiger partial charge < -0.3 is 4.74 Å². The number of carbonyl (C=O) groups is 2. The lowest BCUT2D eigenvalue weighted by Gasteiger charge is -2.30. The van der Waals surface area contributed by atoms with E-state index in [9.17, 15) is 9.59 Å². The highest BCUT2D eigenvalue weighted by Crippen LogP contribution is 2.38. The van der Waals surface area contributed by atoms with E-state index >= 15 is 0 Å². The summed E-state index contributed by atoms with van der Waals surface area (Å²) >= 11 is 0. The maximum atomic E-state index is 12.2. The van der Waals surface area contributed by atoms with Crippen molar-refractivity contribution in [3.63, 3.8) is 0 Å². The zero-order chi connectivity index (χ0) is 12.0. The minimum atomic E-state index is -0.514. The number of imide groups is 1. The van der Waals surface area contributed by atoms with E-state index in [4.69, 9.17) is 4.74 Å². The maximum Gasteiger partial charge on any atom is 0.524 e. The number of rotatable bonds is 0. The summed E-state index contributed by atoms with van der Waals surface area (Å²) in [6.45, 7) is 6.16. The predicted molar refractivity (Wildman–Crippen MR) is 58.6 cm³/mol. The molecule has 90 valence electrons. The monoisotopic (exact) mass is 226 g/mol. The number of amides is 2. The quantitative estimate of drug-likeness (QED) is 0.595. The molecule has 4 nitrogen and oxygen atoms in total. The summed E-state index contributed by atoms with van der Waals surface area (Å²) in [5, 5.41) is 0. The number of quaternary nitrogens is 1. The van der Waals surface area contributed by atoms with Crippen LogP contribution in [-0.2, 0) is 9.53 Å². The fourth-order valence-electron chi connectivity index (χ4n) is 2.85. The number of nitrogens with zero attached hydrogens (tertiary/aromatic N) is 1. The fraction of sp³-hybridized carbons (Fsp3) is 0.833. The molecule has 0 bridgehead atoms. The van der Waals surface area contributed by atoms with Crippen molar-refractivity contribution in [2.45, 2.75) is 58.1 Å². The van der Waals surface area contributed by atoms with Crippen molar-refractivity contribution < 1.29 is 18.8 Å². The van der Waals surface area contributed by atoms with Gasteiger partial charge in [-0.25, -0.2) is 4.79 Å². The lowest BCUT2D eigenvalue weighted by Crippen LogP contribution is -2.57. The van der Waals surface area contributed by atoms with Gasteiger partial charge in [-0.15, -0.1) is 0 Å². The molecule has 2 atom stereocenters. The molecule has 2 unspecified atom stereocenters. The molecule has 16 heavy (non-hydrogen) atoms. The van der Waals surface area contributed by atoms with Crippen LogP contribution in [0.3, 0.4) is 0 Å². The second kappa shape index (κ2) is 3.55. The van der Waals surface area contributed by atoms with Crippen molar-refractivity contribution in [1.82, 2.24) is 0 Å². The van der Waals surface area contributed by atoms with Crippen LogP contribution in [0.4, 0.5) is 4.79 Å². The van der Waals surface area contributed by atoms with Crippen LogP contribution in [0.15, 0.2) is 0 Å². The summed E-state index contributed by atoms with van der Waals surface area (Å²) < 4.78 is 5.38. The second-order valence-electron chi connectivity index (χ2n) is 5.80. The molecule has 0 spiro atoms. The number of hydrogen-bond donors (Lipinski definition) is 0. The molecule has 0 aromatic heterocycles. The molecule has 0 N–H and O–H groups in total. The molecule has 0 radical (unpaired) electrons. The average molecular weight is 226 g/mol. The first-order valence-corrected chi connectivity index (χ1v) is 6.01. The summed E-state index contributed by atoms with van der Waals surface area (Å²) in [4.78, 5) is 24.2. The van der Waals surface area contributed by atoms with Crippen LogP contribution in [0.25, 0.3) is 0 Å². The third kappa shape index (κ3) is 1.65. The van der Waals surface area contributed by atoms with Crippen molar-refractivity contribution in [3.05, 3.63) is 0 Å². The lowest BCUT2D eigenvalue weighted by atomic mass is 10.1. The standard InChI is InChI=1S/C12H20NO3/c1-12(2,3)16-11(15)13-8-4-5-9(13)6-7-10(13)14/h9H,4-8H2,1-3H3/q+1. The molecule has 0 aliphatic carbocycles. The Morgan fingerprint density at radius 2 is 2.06 bits per heavy atom. The lowest BCUT2D eigenvalue weighted by molar-refractivity contribution is -0.786.